The van der Waals surface area contributed by atoms with Crippen LogP contribution in [0.3, 0.4) is 0 Å². The molecule has 0 aromatic heterocycles. The summed E-state index contributed by atoms with van der Waals surface area (Å²) in [4.78, 5) is 13.4. The van der Waals surface area contributed by atoms with E-state index in [0.29, 0.717) is 12.1 Å². The van der Waals surface area contributed by atoms with E-state index in [1.54, 1.807) is 24.1 Å². The van der Waals surface area contributed by atoms with Crippen molar-refractivity contribution in [3.8, 4) is 5.75 Å². The monoisotopic (exact) mass is 271 g/mol. The lowest BCUT2D eigenvalue weighted by Gasteiger charge is -2.16. The van der Waals surface area contributed by atoms with Crippen LogP contribution in [-0.2, 0) is 0 Å². The van der Waals surface area contributed by atoms with E-state index in [1.165, 1.54) is 6.07 Å². The van der Waals surface area contributed by atoms with Crippen molar-refractivity contribution in [1.29, 1.82) is 0 Å². The molecule has 0 aliphatic rings. The summed E-state index contributed by atoms with van der Waals surface area (Å²) in [6.45, 7) is 2.69. The van der Waals surface area contributed by atoms with Gasteiger partial charge in [-0.3, -0.25) is 4.79 Å². The molecule has 0 fully saturated rings. The topological polar surface area (TPSA) is 40.5 Å². The highest BCUT2D eigenvalue weighted by Gasteiger charge is 2.14. The molecule has 0 unspecified atom stereocenters. The number of carbonyl (C=O) groups is 1. The van der Waals surface area contributed by atoms with Gasteiger partial charge in [0.05, 0.1) is 5.56 Å². The Morgan fingerprint density at radius 1 is 1.53 bits per heavy atom. The Hall–Kier alpha value is -1.03. The fourth-order valence-corrected chi connectivity index (χ4v) is 1.68. The van der Waals surface area contributed by atoms with Crippen LogP contribution < -0.4 is 0 Å². The largest absolute Gasteiger partial charge is 0.507 e. The van der Waals surface area contributed by atoms with E-state index >= 15 is 0 Å². The van der Waals surface area contributed by atoms with Crippen molar-refractivity contribution >= 4 is 21.8 Å². The number of rotatable bonds is 3. The molecule has 0 aliphatic carbocycles. The molecular formula is C11H14BrNO2. The Balaban J connectivity index is 2.91. The van der Waals surface area contributed by atoms with Crippen LogP contribution >= 0.6 is 15.9 Å². The van der Waals surface area contributed by atoms with E-state index in [2.05, 4.69) is 15.9 Å². The minimum atomic E-state index is -0.151. The van der Waals surface area contributed by atoms with Crippen molar-refractivity contribution in [1.82, 2.24) is 4.90 Å². The van der Waals surface area contributed by atoms with Crippen molar-refractivity contribution in [2.75, 3.05) is 13.6 Å². The second-order valence-corrected chi connectivity index (χ2v) is 4.30. The predicted molar refractivity (Wildman–Crippen MR) is 63.1 cm³/mol. The molecule has 3 nitrogen and oxygen atoms in total. The molecule has 0 saturated heterocycles. The number of amides is 1. The molecule has 0 heterocycles. The molecule has 0 radical (unpaired) electrons. The summed E-state index contributed by atoms with van der Waals surface area (Å²) in [5.74, 6) is -0.140. The number of benzene rings is 1. The number of hydrogen-bond donors (Lipinski definition) is 1. The molecule has 0 bridgehead atoms. The van der Waals surface area contributed by atoms with Crippen LogP contribution in [0.25, 0.3) is 0 Å². The first-order valence-electron chi connectivity index (χ1n) is 4.80. The molecular weight excluding hydrogens is 258 g/mol. The summed E-state index contributed by atoms with van der Waals surface area (Å²) in [5.41, 5.74) is 0.342. The molecule has 1 aromatic carbocycles. The highest BCUT2D eigenvalue weighted by molar-refractivity contribution is 9.10. The smallest absolute Gasteiger partial charge is 0.257 e. The molecule has 1 amide bonds. The SMILES string of the molecule is CCCN(C)C(=O)c1ccc(Br)cc1O. The van der Waals surface area contributed by atoms with Gasteiger partial charge in [-0.2, -0.15) is 0 Å². The minimum absolute atomic E-state index is 0.0114. The summed E-state index contributed by atoms with van der Waals surface area (Å²) in [6, 6.07) is 4.88. The van der Waals surface area contributed by atoms with Crippen molar-refractivity contribution < 1.29 is 9.90 Å². The van der Waals surface area contributed by atoms with Crippen LogP contribution in [0.4, 0.5) is 0 Å². The Bertz CT molecular complexity index is 366. The molecule has 15 heavy (non-hydrogen) atoms. The zero-order valence-electron chi connectivity index (χ0n) is 8.83. The van der Waals surface area contributed by atoms with Gasteiger partial charge in [0.1, 0.15) is 5.75 Å². The molecule has 0 atom stereocenters. The first kappa shape index (κ1) is 12.0. The first-order chi connectivity index (χ1) is 7.06. The molecule has 0 spiro atoms. The number of phenolic OH excluding ortho intramolecular Hbond substituents is 1. The Morgan fingerprint density at radius 2 is 2.20 bits per heavy atom. The maximum Gasteiger partial charge on any atom is 0.257 e. The molecule has 0 aliphatic heterocycles. The third kappa shape index (κ3) is 2.96. The summed E-state index contributed by atoms with van der Waals surface area (Å²) in [7, 11) is 1.73. The van der Waals surface area contributed by atoms with Gasteiger partial charge in [-0.15, -0.1) is 0 Å². The van der Waals surface area contributed by atoms with E-state index in [1.807, 2.05) is 6.92 Å². The fraction of sp³-hybridized carbons (Fsp3) is 0.364. The van der Waals surface area contributed by atoms with Gasteiger partial charge in [-0.25, -0.2) is 0 Å². The number of halogens is 1. The Labute approximate surface area is 97.8 Å². The maximum absolute atomic E-state index is 11.8. The predicted octanol–water partition coefficient (Wildman–Crippen LogP) is 2.64. The van der Waals surface area contributed by atoms with E-state index in [-0.39, 0.29) is 11.7 Å². The van der Waals surface area contributed by atoms with E-state index in [0.717, 1.165) is 10.9 Å². The summed E-state index contributed by atoms with van der Waals surface area (Å²) in [6.07, 6.45) is 0.902. The van der Waals surface area contributed by atoms with E-state index in [9.17, 15) is 9.90 Å². The van der Waals surface area contributed by atoms with Gasteiger partial charge >= 0.3 is 0 Å². The molecule has 1 aromatic rings. The third-order valence-electron chi connectivity index (χ3n) is 2.10. The van der Waals surface area contributed by atoms with Gasteiger partial charge < -0.3 is 10.0 Å². The fourth-order valence-electron chi connectivity index (χ4n) is 1.33. The lowest BCUT2D eigenvalue weighted by atomic mass is 10.2. The Kier molecular flexibility index (Phi) is 4.15. The van der Waals surface area contributed by atoms with Crippen molar-refractivity contribution in [2.45, 2.75) is 13.3 Å². The third-order valence-corrected chi connectivity index (χ3v) is 2.59. The van der Waals surface area contributed by atoms with E-state index < -0.39 is 0 Å². The van der Waals surface area contributed by atoms with Gasteiger partial charge in [0, 0.05) is 18.1 Å². The van der Waals surface area contributed by atoms with Crippen LogP contribution in [-0.4, -0.2) is 29.5 Å². The standard InChI is InChI=1S/C11H14BrNO2/c1-3-6-13(2)11(15)9-5-4-8(12)7-10(9)14/h4-5,7,14H,3,6H2,1-2H3. The van der Waals surface area contributed by atoms with Crippen molar-refractivity contribution in [3.05, 3.63) is 28.2 Å². The van der Waals surface area contributed by atoms with Gasteiger partial charge in [-0.1, -0.05) is 22.9 Å². The number of nitrogens with zero attached hydrogens (tertiary/aromatic N) is 1. The average Bonchev–Trinajstić information content (AvgIpc) is 2.17. The van der Waals surface area contributed by atoms with Gasteiger partial charge in [-0.05, 0) is 24.6 Å². The number of phenols is 1. The van der Waals surface area contributed by atoms with E-state index in [4.69, 9.17) is 0 Å². The molecule has 0 saturated carbocycles. The van der Waals surface area contributed by atoms with Gasteiger partial charge in [0.2, 0.25) is 0 Å². The Morgan fingerprint density at radius 3 is 2.73 bits per heavy atom. The van der Waals surface area contributed by atoms with Gasteiger partial charge in [0.25, 0.3) is 5.91 Å². The molecule has 4 heteroatoms. The number of carbonyl (C=O) groups excluding carboxylic acids is 1. The van der Waals surface area contributed by atoms with Crippen LogP contribution in [0.5, 0.6) is 5.75 Å². The number of hydrogen-bond acceptors (Lipinski definition) is 2. The second-order valence-electron chi connectivity index (χ2n) is 3.39. The number of aromatic hydroxyl groups is 1. The van der Waals surface area contributed by atoms with Crippen LogP contribution in [0.15, 0.2) is 22.7 Å². The quantitative estimate of drug-likeness (QED) is 0.918. The summed E-state index contributed by atoms with van der Waals surface area (Å²) >= 11 is 3.23. The average molecular weight is 272 g/mol. The highest BCUT2D eigenvalue weighted by atomic mass is 79.9. The zero-order chi connectivity index (χ0) is 11.4. The van der Waals surface area contributed by atoms with Crippen LogP contribution in [0, 0.1) is 0 Å². The van der Waals surface area contributed by atoms with Gasteiger partial charge in [0.15, 0.2) is 0 Å². The minimum Gasteiger partial charge on any atom is -0.507 e. The lowest BCUT2D eigenvalue weighted by Crippen LogP contribution is -2.27. The zero-order valence-corrected chi connectivity index (χ0v) is 10.4. The first-order valence-corrected chi connectivity index (χ1v) is 5.59. The normalized spacial score (nSPS) is 10.1. The maximum atomic E-state index is 11.8. The molecule has 1 N–H and O–H groups in total. The van der Waals surface area contributed by atoms with Crippen LogP contribution in [0.2, 0.25) is 0 Å². The summed E-state index contributed by atoms with van der Waals surface area (Å²) in [5, 5.41) is 9.60. The van der Waals surface area contributed by atoms with Crippen molar-refractivity contribution in [2.24, 2.45) is 0 Å². The molecule has 1 rings (SSSR count). The lowest BCUT2D eigenvalue weighted by molar-refractivity contribution is 0.0792. The van der Waals surface area contributed by atoms with Crippen LogP contribution in [0.1, 0.15) is 23.7 Å². The van der Waals surface area contributed by atoms with Crippen molar-refractivity contribution in [3.63, 3.8) is 0 Å². The summed E-state index contributed by atoms with van der Waals surface area (Å²) < 4.78 is 0.759. The second kappa shape index (κ2) is 5.16. The highest BCUT2D eigenvalue weighted by Crippen LogP contribution is 2.23. The molecule has 82 valence electrons.